The van der Waals surface area contributed by atoms with Crippen LogP contribution in [0.4, 0.5) is 0 Å². The van der Waals surface area contributed by atoms with E-state index in [1.807, 2.05) is 12.1 Å². The molecule has 1 unspecified atom stereocenters. The molecule has 0 radical (unpaired) electrons. The summed E-state index contributed by atoms with van der Waals surface area (Å²) in [5.74, 6) is 1.08. The molecule has 29 heavy (non-hydrogen) atoms. The van der Waals surface area contributed by atoms with Crippen LogP contribution in [-0.4, -0.2) is 30.3 Å². The van der Waals surface area contributed by atoms with Gasteiger partial charge in [-0.15, -0.1) is 0 Å². The van der Waals surface area contributed by atoms with Crippen LogP contribution >= 0.6 is 12.2 Å². The molecule has 1 amide bonds. The number of rotatable bonds is 8. The second-order valence-corrected chi connectivity index (χ2v) is 7.28. The number of hydrazine groups is 1. The summed E-state index contributed by atoms with van der Waals surface area (Å²) in [4.78, 5) is 12.2. The number of amides is 1. The number of thiocarbonyl (C=S) groups is 1. The molecule has 8 heteroatoms. The molecule has 7 nitrogen and oxygen atoms in total. The maximum Gasteiger partial charge on any atom is 0.305 e. The lowest BCUT2D eigenvalue weighted by atomic mass is 10.1. The minimum absolute atomic E-state index is 0.168. The molecule has 1 aromatic carbocycles. The predicted octanol–water partition coefficient (Wildman–Crippen LogP) is 3.10. The van der Waals surface area contributed by atoms with Crippen LogP contribution < -0.4 is 20.9 Å². The Bertz CT molecular complexity index is 801. The van der Waals surface area contributed by atoms with Gasteiger partial charge in [0, 0.05) is 13.2 Å². The Labute approximate surface area is 176 Å². The summed E-state index contributed by atoms with van der Waals surface area (Å²) in [5, 5.41) is 3.35. The molecule has 1 aliphatic rings. The Kier molecular flexibility index (Phi) is 7.89. The summed E-state index contributed by atoms with van der Waals surface area (Å²) in [6.45, 7) is 3.80. The summed E-state index contributed by atoms with van der Waals surface area (Å²) >= 11 is 5.14. The second kappa shape index (κ2) is 10.8. The quantitative estimate of drug-likeness (QED) is 0.450. The second-order valence-electron chi connectivity index (χ2n) is 6.87. The van der Waals surface area contributed by atoms with Crippen molar-refractivity contribution in [3.63, 3.8) is 0 Å². The van der Waals surface area contributed by atoms with E-state index in [4.69, 9.17) is 26.1 Å². The standard InChI is InChI=1S/C21H27N3O4S/c1-2-4-15-6-8-16(9-7-15)27-14-18-10-11-19(28-18)20(25)23-24-21(29)22-13-17-5-3-12-26-17/h6-11,17H,2-5,12-14H2,1H3,(H,23,25)(H2,22,24,29). The largest absolute Gasteiger partial charge is 0.486 e. The van der Waals surface area contributed by atoms with E-state index in [0.717, 1.165) is 38.0 Å². The van der Waals surface area contributed by atoms with Crippen LogP contribution in [0.15, 0.2) is 40.8 Å². The molecule has 1 aliphatic heterocycles. The molecule has 3 rings (SSSR count). The molecule has 0 bridgehead atoms. The lowest BCUT2D eigenvalue weighted by Gasteiger charge is -2.14. The number of furan rings is 1. The van der Waals surface area contributed by atoms with Gasteiger partial charge in [-0.3, -0.25) is 15.6 Å². The minimum Gasteiger partial charge on any atom is -0.486 e. The number of hydrogen-bond donors (Lipinski definition) is 3. The first kappa shape index (κ1) is 21.1. The Morgan fingerprint density at radius 2 is 2.03 bits per heavy atom. The summed E-state index contributed by atoms with van der Waals surface area (Å²) in [7, 11) is 0. The first-order valence-corrected chi connectivity index (χ1v) is 10.3. The van der Waals surface area contributed by atoms with Gasteiger partial charge in [0.2, 0.25) is 0 Å². The van der Waals surface area contributed by atoms with E-state index in [1.165, 1.54) is 5.56 Å². The Morgan fingerprint density at radius 3 is 2.76 bits per heavy atom. The van der Waals surface area contributed by atoms with Gasteiger partial charge in [0.05, 0.1) is 6.10 Å². The summed E-state index contributed by atoms with van der Waals surface area (Å²) in [6, 6.07) is 11.3. The highest BCUT2D eigenvalue weighted by Crippen LogP contribution is 2.16. The topological polar surface area (TPSA) is 84.8 Å². The number of hydrogen-bond acceptors (Lipinski definition) is 5. The average Bonchev–Trinajstić information content (AvgIpc) is 3.42. The number of benzene rings is 1. The van der Waals surface area contributed by atoms with Crippen molar-refractivity contribution in [3.8, 4) is 5.75 Å². The van der Waals surface area contributed by atoms with E-state index >= 15 is 0 Å². The number of carbonyl (C=O) groups excluding carboxylic acids is 1. The molecule has 0 aliphatic carbocycles. The average molecular weight is 418 g/mol. The summed E-state index contributed by atoms with van der Waals surface area (Å²) in [6.07, 6.45) is 4.42. The van der Waals surface area contributed by atoms with E-state index < -0.39 is 5.91 Å². The number of ether oxygens (including phenoxy) is 2. The fourth-order valence-corrected chi connectivity index (χ4v) is 3.14. The maximum absolute atomic E-state index is 12.2. The molecule has 1 aromatic heterocycles. The first-order chi connectivity index (χ1) is 14.1. The Balaban J connectivity index is 1.39. The van der Waals surface area contributed by atoms with Gasteiger partial charge in [-0.1, -0.05) is 25.5 Å². The van der Waals surface area contributed by atoms with Gasteiger partial charge in [0.15, 0.2) is 10.9 Å². The van der Waals surface area contributed by atoms with Crippen molar-refractivity contribution in [2.75, 3.05) is 13.2 Å². The van der Waals surface area contributed by atoms with Crippen molar-refractivity contribution in [1.29, 1.82) is 0 Å². The van der Waals surface area contributed by atoms with Gasteiger partial charge in [0.25, 0.3) is 0 Å². The van der Waals surface area contributed by atoms with Gasteiger partial charge >= 0.3 is 5.91 Å². The zero-order valence-electron chi connectivity index (χ0n) is 16.5. The summed E-state index contributed by atoms with van der Waals surface area (Å²) in [5.41, 5.74) is 6.46. The zero-order chi connectivity index (χ0) is 20.5. The zero-order valence-corrected chi connectivity index (χ0v) is 17.3. The molecule has 3 N–H and O–H groups in total. The molecule has 0 saturated carbocycles. The Hall–Kier alpha value is -2.58. The molecular formula is C21H27N3O4S. The molecule has 0 spiro atoms. The fourth-order valence-electron chi connectivity index (χ4n) is 3.00. The maximum atomic E-state index is 12.2. The number of nitrogens with one attached hydrogen (secondary N) is 3. The van der Waals surface area contributed by atoms with Crippen LogP contribution in [0, 0.1) is 0 Å². The highest BCUT2D eigenvalue weighted by molar-refractivity contribution is 7.80. The molecule has 2 aromatic rings. The van der Waals surface area contributed by atoms with Crippen LogP contribution in [0.5, 0.6) is 5.75 Å². The lowest BCUT2D eigenvalue weighted by molar-refractivity contribution is 0.0911. The fraction of sp³-hybridized carbons (Fsp3) is 0.429. The van der Waals surface area contributed by atoms with Crippen molar-refractivity contribution >= 4 is 23.2 Å². The summed E-state index contributed by atoms with van der Waals surface area (Å²) < 4.78 is 16.8. The molecule has 1 fully saturated rings. The van der Waals surface area contributed by atoms with E-state index in [0.29, 0.717) is 17.4 Å². The molecular weight excluding hydrogens is 390 g/mol. The van der Waals surface area contributed by atoms with Crippen molar-refractivity contribution in [2.24, 2.45) is 0 Å². The van der Waals surface area contributed by atoms with Gasteiger partial charge in [-0.2, -0.15) is 0 Å². The third-order valence-corrected chi connectivity index (χ3v) is 4.78. The predicted molar refractivity (Wildman–Crippen MR) is 114 cm³/mol. The van der Waals surface area contributed by atoms with Crippen LogP contribution in [0.3, 0.4) is 0 Å². The van der Waals surface area contributed by atoms with E-state index in [2.05, 4.69) is 35.2 Å². The molecule has 1 saturated heterocycles. The van der Waals surface area contributed by atoms with Crippen molar-refractivity contribution in [3.05, 3.63) is 53.5 Å². The monoisotopic (exact) mass is 417 g/mol. The van der Waals surface area contributed by atoms with E-state index in [1.54, 1.807) is 12.1 Å². The highest BCUT2D eigenvalue weighted by atomic mass is 32.1. The van der Waals surface area contributed by atoms with E-state index in [9.17, 15) is 4.79 Å². The minimum atomic E-state index is -0.415. The third-order valence-electron chi connectivity index (χ3n) is 4.53. The van der Waals surface area contributed by atoms with Crippen molar-refractivity contribution < 1.29 is 18.7 Å². The Morgan fingerprint density at radius 1 is 1.21 bits per heavy atom. The van der Waals surface area contributed by atoms with Crippen molar-refractivity contribution in [2.45, 2.75) is 45.3 Å². The highest BCUT2D eigenvalue weighted by Gasteiger charge is 2.16. The van der Waals surface area contributed by atoms with Crippen LogP contribution in [0.1, 0.15) is 48.1 Å². The van der Waals surface area contributed by atoms with Gasteiger partial charge in [-0.05, 0) is 61.3 Å². The van der Waals surface area contributed by atoms with Crippen LogP contribution in [-0.2, 0) is 17.8 Å². The van der Waals surface area contributed by atoms with E-state index in [-0.39, 0.29) is 18.5 Å². The van der Waals surface area contributed by atoms with Gasteiger partial charge < -0.3 is 19.2 Å². The van der Waals surface area contributed by atoms with Gasteiger partial charge in [0.1, 0.15) is 18.1 Å². The number of aryl methyl sites for hydroxylation is 1. The smallest absolute Gasteiger partial charge is 0.305 e. The van der Waals surface area contributed by atoms with Crippen LogP contribution in [0.2, 0.25) is 0 Å². The van der Waals surface area contributed by atoms with Crippen LogP contribution in [0.25, 0.3) is 0 Å². The lowest BCUT2D eigenvalue weighted by Crippen LogP contribution is -2.48. The first-order valence-electron chi connectivity index (χ1n) is 9.90. The van der Waals surface area contributed by atoms with Crippen molar-refractivity contribution in [1.82, 2.24) is 16.2 Å². The van der Waals surface area contributed by atoms with Gasteiger partial charge in [-0.25, -0.2) is 0 Å². The number of carbonyl (C=O) groups is 1. The molecule has 2 heterocycles. The molecule has 156 valence electrons. The molecule has 1 atom stereocenters. The normalized spacial score (nSPS) is 15.7. The third kappa shape index (κ3) is 6.76. The SMILES string of the molecule is CCCc1ccc(OCc2ccc(C(=O)NNC(=S)NCC3CCCO3)o2)cc1.